The van der Waals surface area contributed by atoms with Gasteiger partial charge in [-0.2, -0.15) is 0 Å². The van der Waals surface area contributed by atoms with E-state index in [1.54, 1.807) is 18.2 Å². The van der Waals surface area contributed by atoms with Gasteiger partial charge >= 0.3 is 0 Å². The summed E-state index contributed by atoms with van der Waals surface area (Å²) in [6.07, 6.45) is 1.09. The smallest absolute Gasteiger partial charge is 0.224 e. The maximum absolute atomic E-state index is 12.1. The topological polar surface area (TPSA) is 46.9 Å². The van der Waals surface area contributed by atoms with Crippen LogP contribution in [0.25, 0.3) is 11.0 Å². The fraction of sp³-hybridized carbons (Fsp3) is 0.263. The summed E-state index contributed by atoms with van der Waals surface area (Å²) in [5.41, 5.74) is 2.90. The number of amides is 1. The fourth-order valence-electron chi connectivity index (χ4n) is 2.84. The van der Waals surface area contributed by atoms with Crippen LogP contribution in [0.15, 0.2) is 42.5 Å². The highest BCUT2D eigenvalue weighted by atomic mass is 35.5. The van der Waals surface area contributed by atoms with Gasteiger partial charge in [-0.15, -0.1) is 0 Å². The Hall–Kier alpha value is -2.04. The van der Waals surface area contributed by atoms with Gasteiger partial charge in [-0.05, 0) is 43.2 Å². The van der Waals surface area contributed by atoms with E-state index in [-0.39, 0.29) is 12.3 Å². The molecule has 25 heavy (non-hydrogen) atoms. The molecule has 3 aromatic rings. The highest BCUT2D eigenvalue weighted by Gasteiger charge is 2.09. The van der Waals surface area contributed by atoms with E-state index in [0.29, 0.717) is 16.6 Å². The summed E-state index contributed by atoms with van der Waals surface area (Å²) in [6.45, 7) is 3.42. The number of rotatable bonds is 6. The van der Waals surface area contributed by atoms with Gasteiger partial charge < -0.3 is 9.88 Å². The lowest BCUT2D eigenvalue weighted by Crippen LogP contribution is -2.27. The van der Waals surface area contributed by atoms with E-state index in [0.717, 1.165) is 35.4 Å². The second-order valence-electron chi connectivity index (χ2n) is 5.92. The van der Waals surface area contributed by atoms with Crippen LogP contribution in [0.5, 0.6) is 0 Å². The summed E-state index contributed by atoms with van der Waals surface area (Å²) >= 11 is 12.0. The van der Waals surface area contributed by atoms with Crippen LogP contribution in [0.2, 0.25) is 10.0 Å². The zero-order valence-electron chi connectivity index (χ0n) is 13.9. The molecular weight excluding hydrogens is 357 g/mol. The Morgan fingerprint density at radius 3 is 2.80 bits per heavy atom. The van der Waals surface area contributed by atoms with Gasteiger partial charge in [0.05, 0.1) is 17.5 Å². The maximum Gasteiger partial charge on any atom is 0.224 e. The first kappa shape index (κ1) is 17.8. The summed E-state index contributed by atoms with van der Waals surface area (Å²) in [5, 5.41) is 4.02. The molecule has 130 valence electrons. The number of para-hydroxylation sites is 2. The van der Waals surface area contributed by atoms with E-state index in [1.165, 1.54) is 0 Å². The van der Waals surface area contributed by atoms with Gasteiger partial charge in [0, 0.05) is 23.1 Å². The molecule has 0 aliphatic heterocycles. The molecule has 1 N–H and O–H groups in total. The Labute approximate surface area is 156 Å². The van der Waals surface area contributed by atoms with Gasteiger partial charge in [0.2, 0.25) is 5.91 Å². The minimum Gasteiger partial charge on any atom is -0.356 e. The zero-order chi connectivity index (χ0) is 17.8. The maximum atomic E-state index is 12.1. The average molecular weight is 376 g/mol. The molecule has 3 rings (SSSR count). The molecule has 6 heteroatoms. The van der Waals surface area contributed by atoms with E-state index < -0.39 is 0 Å². The quantitative estimate of drug-likeness (QED) is 0.649. The Morgan fingerprint density at radius 2 is 2.00 bits per heavy atom. The molecule has 0 radical (unpaired) electrons. The molecule has 0 aliphatic rings. The van der Waals surface area contributed by atoms with Gasteiger partial charge in [-0.1, -0.05) is 41.4 Å². The number of aromatic nitrogens is 2. The number of hydrogen-bond acceptors (Lipinski definition) is 2. The molecule has 1 heterocycles. The molecule has 0 saturated heterocycles. The third-order valence-electron chi connectivity index (χ3n) is 4.09. The molecular formula is C19H19Cl2N3O. The number of benzene rings is 2. The molecule has 1 aromatic heterocycles. The Morgan fingerprint density at radius 1 is 1.20 bits per heavy atom. The van der Waals surface area contributed by atoms with Crippen LogP contribution in [0.4, 0.5) is 0 Å². The minimum absolute atomic E-state index is 0.0450. The van der Waals surface area contributed by atoms with Gasteiger partial charge in [-0.3, -0.25) is 4.79 Å². The van der Waals surface area contributed by atoms with Crippen molar-refractivity contribution in [3.63, 3.8) is 0 Å². The van der Waals surface area contributed by atoms with Crippen molar-refractivity contribution in [1.82, 2.24) is 14.9 Å². The second-order valence-corrected chi connectivity index (χ2v) is 6.76. The Balaban J connectivity index is 1.51. The number of aryl methyl sites for hydroxylation is 2. The lowest BCUT2D eigenvalue weighted by Gasteiger charge is -2.09. The fourth-order valence-corrected chi connectivity index (χ4v) is 3.32. The lowest BCUT2D eigenvalue weighted by molar-refractivity contribution is -0.120. The number of nitrogens with zero attached hydrogens (tertiary/aromatic N) is 2. The van der Waals surface area contributed by atoms with E-state index >= 15 is 0 Å². The first-order chi connectivity index (χ1) is 12.0. The predicted molar refractivity (Wildman–Crippen MR) is 102 cm³/mol. The summed E-state index contributed by atoms with van der Waals surface area (Å²) < 4.78 is 2.18. The summed E-state index contributed by atoms with van der Waals surface area (Å²) in [5.74, 6) is 0.942. The standard InChI is InChI=1S/C19H19Cl2N3O/c1-13-23-17-5-2-3-6-18(17)24(13)10-4-9-22-19(25)11-14-7-8-15(20)12-16(14)21/h2-3,5-8,12H,4,9-11H2,1H3,(H,22,25). The second kappa shape index (κ2) is 7.89. The minimum atomic E-state index is -0.0450. The number of carbonyl (C=O) groups is 1. The molecule has 0 unspecified atom stereocenters. The van der Waals surface area contributed by atoms with Crippen LogP contribution in [-0.2, 0) is 17.8 Å². The number of halogens is 2. The summed E-state index contributed by atoms with van der Waals surface area (Å²) in [7, 11) is 0. The van der Waals surface area contributed by atoms with Crippen LogP contribution in [0.1, 0.15) is 17.8 Å². The van der Waals surface area contributed by atoms with Crippen molar-refractivity contribution in [3.05, 3.63) is 63.9 Å². The van der Waals surface area contributed by atoms with Crippen molar-refractivity contribution >= 4 is 40.1 Å². The van der Waals surface area contributed by atoms with Crippen molar-refractivity contribution < 1.29 is 4.79 Å². The van der Waals surface area contributed by atoms with E-state index in [1.807, 2.05) is 25.1 Å². The molecule has 0 atom stereocenters. The van der Waals surface area contributed by atoms with Gasteiger partial charge in [-0.25, -0.2) is 4.98 Å². The first-order valence-electron chi connectivity index (χ1n) is 8.17. The molecule has 1 amide bonds. The van der Waals surface area contributed by atoms with Crippen LogP contribution in [0.3, 0.4) is 0 Å². The molecule has 0 saturated carbocycles. The van der Waals surface area contributed by atoms with Crippen molar-refractivity contribution in [2.24, 2.45) is 0 Å². The van der Waals surface area contributed by atoms with Gasteiger partial charge in [0.15, 0.2) is 0 Å². The van der Waals surface area contributed by atoms with Crippen LogP contribution < -0.4 is 5.32 Å². The number of fused-ring (bicyclic) bond motifs is 1. The van der Waals surface area contributed by atoms with Crippen molar-refractivity contribution in [3.8, 4) is 0 Å². The SMILES string of the molecule is Cc1nc2ccccc2n1CCCNC(=O)Cc1ccc(Cl)cc1Cl. The third kappa shape index (κ3) is 4.33. The average Bonchev–Trinajstić information content (AvgIpc) is 2.90. The molecule has 0 bridgehead atoms. The molecule has 2 aromatic carbocycles. The molecule has 4 nitrogen and oxygen atoms in total. The monoisotopic (exact) mass is 375 g/mol. The molecule has 0 aliphatic carbocycles. The number of nitrogens with one attached hydrogen (secondary N) is 1. The number of imidazole rings is 1. The lowest BCUT2D eigenvalue weighted by atomic mass is 10.1. The Bertz CT molecular complexity index is 905. The highest BCUT2D eigenvalue weighted by molar-refractivity contribution is 6.35. The molecule has 0 fully saturated rings. The highest BCUT2D eigenvalue weighted by Crippen LogP contribution is 2.21. The summed E-state index contributed by atoms with van der Waals surface area (Å²) in [6, 6.07) is 13.2. The Kier molecular flexibility index (Phi) is 5.61. The van der Waals surface area contributed by atoms with Crippen LogP contribution in [-0.4, -0.2) is 22.0 Å². The van der Waals surface area contributed by atoms with E-state index in [2.05, 4.69) is 20.9 Å². The van der Waals surface area contributed by atoms with Gasteiger partial charge in [0.1, 0.15) is 5.82 Å². The first-order valence-corrected chi connectivity index (χ1v) is 8.92. The largest absolute Gasteiger partial charge is 0.356 e. The van der Waals surface area contributed by atoms with Crippen LogP contribution in [0, 0.1) is 6.92 Å². The number of hydrogen-bond donors (Lipinski definition) is 1. The van der Waals surface area contributed by atoms with Crippen LogP contribution >= 0.6 is 23.2 Å². The van der Waals surface area contributed by atoms with Crippen molar-refractivity contribution in [1.29, 1.82) is 0 Å². The van der Waals surface area contributed by atoms with E-state index in [4.69, 9.17) is 23.2 Å². The number of carbonyl (C=O) groups excluding carboxylic acids is 1. The van der Waals surface area contributed by atoms with Gasteiger partial charge in [0.25, 0.3) is 0 Å². The third-order valence-corrected chi connectivity index (χ3v) is 4.68. The van der Waals surface area contributed by atoms with Crippen molar-refractivity contribution in [2.45, 2.75) is 26.3 Å². The predicted octanol–water partition coefficient (Wildman–Crippen LogP) is 4.40. The molecule has 0 spiro atoms. The zero-order valence-corrected chi connectivity index (χ0v) is 15.4. The summed E-state index contributed by atoms with van der Waals surface area (Å²) in [4.78, 5) is 16.6. The van der Waals surface area contributed by atoms with E-state index in [9.17, 15) is 4.79 Å². The normalized spacial score (nSPS) is 11.0. The van der Waals surface area contributed by atoms with Crippen molar-refractivity contribution in [2.75, 3.05) is 6.54 Å².